The molecule has 0 aromatic heterocycles. The highest BCUT2D eigenvalue weighted by Crippen LogP contribution is 2.07. The van der Waals surface area contributed by atoms with E-state index in [1.165, 1.54) is 0 Å². The second-order valence-corrected chi connectivity index (χ2v) is 5.49. The molecule has 0 unspecified atom stereocenters. The van der Waals surface area contributed by atoms with Crippen LogP contribution in [0.2, 0.25) is 0 Å². The van der Waals surface area contributed by atoms with Gasteiger partial charge in [0.05, 0.1) is 13.2 Å². The fourth-order valence-electron chi connectivity index (χ4n) is 1.62. The molecule has 20 heavy (non-hydrogen) atoms. The highest BCUT2D eigenvalue weighted by molar-refractivity contribution is 5.91. The molecule has 0 radical (unpaired) electrons. The maximum atomic E-state index is 11.4. The first kappa shape index (κ1) is 16.7. The maximum absolute atomic E-state index is 11.4. The van der Waals surface area contributed by atoms with Gasteiger partial charge in [0.25, 0.3) is 0 Å². The lowest BCUT2D eigenvalue weighted by Gasteiger charge is -2.25. The third-order valence-corrected chi connectivity index (χ3v) is 2.52. The summed E-state index contributed by atoms with van der Waals surface area (Å²) in [5, 5.41) is 0. The van der Waals surface area contributed by atoms with Crippen LogP contribution in [-0.2, 0) is 23.8 Å². The third-order valence-electron chi connectivity index (χ3n) is 2.52. The average molecular weight is 285 g/mol. The summed E-state index contributed by atoms with van der Waals surface area (Å²) in [7, 11) is 0. The first-order chi connectivity index (χ1) is 9.37. The van der Waals surface area contributed by atoms with Gasteiger partial charge in [-0.25, -0.2) is 9.59 Å². The Bertz CT molecular complexity index is 353. The van der Waals surface area contributed by atoms with Crippen LogP contribution in [0.1, 0.15) is 20.8 Å². The number of hydrogen-bond donors (Lipinski definition) is 0. The van der Waals surface area contributed by atoms with Crippen molar-refractivity contribution in [3.05, 3.63) is 12.2 Å². The minimum absolute atomic E-state index is 0.303. The summed E-state index contributed by atoms with van der Waals surface area (Å²) in [6, 6.07) is 0. The Morgan fingerprint density at radius 3 is 2.35 bits per heavy atom. The van der Waals surface area contributed by atoms with Crippen LogP contribution in [0.3, 0.4) is 0 Å². The van der Waals surface area contributed by atoms with Crippen LogP contribution in [0.25, 0.3) is 0 Å². The van der Waals surface area contributed by atoms with Crippen LogP contribution in [0.4, 0.5) is 0 Å². The number of hydrogen-bond acceptors (Lipinski definition) is 6. The van der Waals surface area contributed by atoms with Crippen molar-refractivity contribution in [2.24, 2.45) is 0 Å². The lowest BCUT2D eigenvalue weighted by molar-refractivity contribution is -0.149. The van der Waals surface area contributed by atoms with E-state index in [4.69, 9.17) is 14.2 Å². The van der Waals surface area contributed by atoms with Crippen molar-refractivity contribution >= 4 is 11.9 Å². The summed E-state index contributed by atoms with van der Waals surface area (Å²) in [4.78, 5) is 24.9. The van der Waals surface area contributed by atoms with E-state index in [0.29, 0.717) is 26.4 Å². The van der Waals surface area contributed by atoms with Crippen LogP contribution >= 0.6 is 0 Å². The Morgan fingerprint density at radius 1 is 1.15 bits per heavy atom. The number of ether oxygens (including phenoxy) is 3. The van der Waals surface area contributed by atoms with E-state index in [1.54, 1.807) is 20.8 Å². The molecule has 0 N–H and O–H groups in total. The number of morpholine rings is 1. The summed E-state index contributed by atoms with van der Waals surface area (Å²) in [5.74, 6) is -1.09. The van der Waals surface area contributed by atoms with Crippen LogP contribution in [-0.4, -0.2) is 61.9 Å². The molecule has 114 valence electrons. The molecule has 0 atom stereocenters. The van der Waals surface area contributed by atoms with Gasteiger partial charge in [0.15, 0.2) is 0 Å². The summed E-state index contributed by atoms with van der Waals surface area (Å²) >= 11 is 0. The van der Waals surface area contributed by atoms with Gasteiger partial charge in [0.2, 0.25) is 0 Å². The Hall–Kier alpha value is -1.40. The Labute approximate surface area is 119 Å². The summed E-state index contributed by atoms with van der Waals surface area (Å²) < 4.78 is 15.3. The summed E-state index contributed by atoms with van der Waals surface area (Å²) in [5.41, 5.74) is -0.568. The molecule has 6 nitrogen and oxygen atoms in total. The van der Waals surface area contributed by atoms with Gasteiger partial charge >= 0.3 is 11.9 Å². The molecule has 0 saturated carbocycles. The predicted molar refractivity (Wildman–Crippen MR) is 73.2 cm³/mol. The normalized spacial score (nSPS) is 17.1. The summed E-state index contributed by atoms with van der Waals surface area (Å²) in [6.07, 6.45) is 2.18. The van der Waals surface area contributed by atoms with Gasteiger partial charge in [0, 0.05) is 31.8 Å². The lowest BCUT2D eigenvalue weighted by Crippen LogP contribution is -2.38. The van der Waals surface area contributed by atoms with Crippen molar-refractivity contribution in [3.63, 3.8) is 0 Å². The zero-order valence-electron chi connectivity index (χ0n) is 12.4. The number of esters is 2. The van der Waals surface area contributed by atoms with Crippen molar-refractivity contribution in [1.82, 2.24) is 4.90 Å². The van der Waals surface area contributed by atoms with Crippen LogP contribution in [0, 0.1) is 0 Å². The molecule has 0 aliphatic carbocycles. The first-order valence-electron chi connectivity index (χ1n) is 6.75. The monoisotopic (exact) mass is 285 g/mol. The Morgan fingerprint density at radius 2 is 1.75 bits per heavy atom. The third kappa shape index (κ3) is 7.91. The first-order valence-corrected chi connectivity index (χ1v) is 6.75. The molecule has 0 spiro atoms. The molecule has 0 bridgehead atoms. The van der Waals surface area contributed by atoms with E-state index in [0.717, 1.165) is 25.2 Å². The standard InChI is InChI=1S/C14H23NO5/c1-14(2,3)20-13(17)5-4-12(16)19-11-8-15-6-9-18-10-7-15/h4-5H,6-11H2,1-3H3/b5-4+. The quantitative estimate of drug-likeness (QED) is 0.549. The minimum Gasteiger partial charge on any atom is -0.461 e. The number of nitrogens with zero attached hydrogens (tertiary/aromatic N) is 1. The second-order valence-electron chi connectivity index (χ2n) is 5.49. The van der Waals surface area contributed by atoms with E-state index in [1.807, 2.05) is 0 Å². The van der Waals surface area contributed by atoms with Crippen molar-refractivity contribution < 1.29 is 23.8 Å². The average Bonchev–Trinajstić information content (AvgIpc) is 2.36. The van der Waals surface area contributed by atoms with Gasteiger partial charge in [-0.05, 0) is 20.8 Å². The highest BCUT2D eigenvalue weighted by atomic mass is 16.6. The molecule has 1 aliphatic rings. The van der Waals surface area contributed by atoms with Gasteiger partial charge < -0.3 is 14.2 Å². The van der Waals surface area contributed by atoms with E-state index in [9.17, 15) is 9.59 Å². The highest BCUT2D eigenvalue weighted by Gasteiger charge is 2.14. The topological polar surface area (TPSA) is 65.1 Å². The molecular formula is C14H23NO5. The van der Waals surface area contributed by atoms with Crippen LogP contribution < -0.4 is 0 Å². The van der Waals surface area contributed by atoms with Crippen molar-refractivity contribution in [2.45, 2.75) is 26.4 Å². The van der Waals surface area contributed by atoms with Gasteiger partial charge in [-0.3, -0.25) is 4.90 Å². The molecule has 1 saturated heterocycles. The number of carbonyl (C=O) groups excluding carboxylic acids is 2. The SMILES string of the molecule is CC(C)(C)OC(=O)/C=C/C(=O)OCCN1CCOCC1. The van der Waals surface area contributed by atoms with E-state index in [-0.39, 0.29) is 0 Å². The zero-order valence-corrected chi connectivity index (χ0v) is 12.4. The molecule has 6 heteroatoms. The minimum atomic E-state index is -0.568. The molecule has 1 heterocycles. The van der Waals surface area contributed by atoms with Crippen LogP contribution in [0.15, 0.2) is 12.2 Å². The fourth-order valence-corrected chi connectivity index (χ4v) is 1.62. The molecule has 0 amide bonds. The van der Waals surface area contributed by atoms with Crippen LogP contribution in [0.5, 0.6) is 0 Å². The molecule has 1 rings (SSSR count). The maximum Gasteiger partial charge on any atom is 0.331 e. The second kappa shape index (κ2) is 8.01. The van der Waals surface area contributed by atoms with Gasteiger partial charge in [-0.1, -0.05) is 0 Å². The van der Waals surface area contributed by atoms with Gasteiger partial charge in [0.1, 0.15) is 12.2 Å². The Balaban J connectivity index is 2.17. The van der Waals surface area contributed by atoms with Gasteiger partial charge in [-0.15, -0.1) is 0 Å². The number of rotatable bonds is 5. The molecule has 0 aromatic carbocycles. The molecule has 1 fully saturated rings. The smallest absolute Gasteiger partial charge is 0.331 e. The zero-order chi connectivity index (χ0) is 15.0. The van der Waals surface area contributed by atoms with E-state index < -0.39 is 17.5 Å². The largest absolute Gasteiger partial charge is 0.461 e. The van der Waals surface area contributed by atoms with Crippen molar-refractivity contribution in [1.29, 1.82) is 0 Å². The fraction of sp³-hybridized carbons (Fsp3) is 0.714. The molecule has 1 aliphatic heterocycles. The van der Waals surface area contributed by atoms with Crippen molar-refractivity contribution in [3.8, 4) is 0 Å². The van der Waals surface area contributed by atoms with Crippen molar-refractivity contribution in [2.75, 3.05) is 39.5 Å². The van der Waals surface area contributed by atoms with E-state index >= 15 is 0 Å². The van der Waals surface area contributed by atoms with E-state index in [2.05, 4.69) is 4.90 Å². The Kier molecular flexibility index (Phi) is 6.67. The molecule has 0 aromatic rings. The number of carbonyl (C=O) groups is 2. The van der Waals surface area contributed by atoms with Gasteiger partial charge in [-0.2, -0.15) is 0 Å². The molecular weight excluding hydrogens is 262 g/mol. The summed E-state index contributed by atoms with van der Waals surface area (Å²) in [6.45, 7) is 9.40. The predicted octanol–water partition coefficient (Wildman–Crippen LogP) is 0.760. The lowest BCUT2D eigenvalue weighted by atomic mass is 10.2.